The molecule has 5 aliphatic heterocycles. The minimum Gasteiger partial charge on any atom is -0.381 e. The highest BCUT2D eigenvalue weighted by Crippen LogP contribution is 2.43. The number of rotatable bonds is 5. The zero-order valence-corrected chi connectivity index (χ0v) is 21.5. The molecule has 5 saturated heterocycles. The molecule has 0 N–H and O–H groups in total. The lowest BCUT2D eigenvalue weighted by Crippen LogP contribution is -2.58. The van der Waals surface area contributed by atoms with E-state index < -0.39 is 0 Å². The first-order valence-corrected chi connectivity index (χ1v) is 13.8. The average Bonchev–Trinajstić information content (AvgIpc) is 3.30. The second-order valence-electron chi connectivity index (χ2n) is 11.7. The third-order valence-electron chi connectivity index (χ3n) is 8.96. The lowest BCUT2D eigenvalue weighted by atomic mass is 9.73. The van der Waals surface area contributed by atoms with Gasteiger partial charge in [-0.2, -0.15) is 0 Å². The standard InChI is InChI=1S/C29H32N6O3/c36-28-25-10-30-11-26(35-18-29(19-35)4-7-37-8-5-29)24(25)3-6-33(28)14-21-15-34-13-20(1-2-27(34)31-21)12-32-16-22-9-23(17-32)38-22/h1-3,6,10-11,13,15,22-23H,4-5,7-9,12,14,16-19H2. The van der Waals surface area contributed by atoms with Gasteiger partial charge < -0.3 is 23.3 Å². The number of ether oxygens (including phenoxy) is 2. The molecule has 5 fully saturated rings. The SMILES string of the molecule is O=c1c2cncc(N3CC4(CCOCC4)C3)c2ccn1Cc1cn2cc(CN3CC4CC(C3)O4)ccc2n1. The number of imidazole rings is 1. The van der Waals surface area contributed by atoms with E-state index in [0.29, 0.717) is 29.6 Å². The van der Waals surface area contributed by atoms with Gasteiger partial charge in [0.05, 0.1) is 41.7 Å². The van der Waals surface area contributed by atoms with Crippen molar-refractivity contribution in [3.8, 4) is 0 Å². The van der Waals surface area contributed by atoms with E-state index in [1.807, 2.05) is 18.6 Å². The maximum Gasteiger partial charge on any atom is 0.260 e. The Morgan fingerprint density at radius 2 is 1.79 bits per heavy atom. The van der Waals surface area contributed by atoms with Crippen LogP contribution in [0.5, 0.6) is 0 Å². The molecule has 38 heavy (non-hydrogen) atoms. The second-order valence-corrected chi connectivity index (χ2v) is 11.7. The molecule has 9 heterocycles. The van der Waals surface area contributed by atoms with Crippen LogP contribution in [0.1, 0.15) is 30.5 Å². The fourth-order valence-corrected chi connectivity index (χ4v) is 6.88. The first-order chi connectivity index (χ1) is 18.6. The van der Waals surface area contributed by atoms with Crippen LogP contribution in [0.2, 0.25) is 0 Å². The van der Waals surface area contributed by atoms with Crippen molar-refractivity contribution in [2.75, 3.05) is 44.3 Å². The number of hydrogen-bond donors (Lipinski definition) is 0. The van der Waals surface area contributed by atoms with Gasteiger partial charge in [0, 0.05) is 87.9 Å². The Morgan fingerprint density at radius 3 is 2.61 bits per heavy atom. The molecular weight excluding hydrogens is 480 g/mol. The van der Waals surface area contributed by atoms with Gasteiger partial charge in [-0.3, -0.25) is 14.7 Å². The van der Waals surface area contributed by atoms with Crippen LogP contribution in [0.15, 0.2) is 54.0 Å². The molecule has 0 saturated carbocycles. The summed E-state index contributed by atoms with van der Waals surface area (Å²) in [5.41, 5.74) is 4.41. The Hall–Kier alpha value is -3.27. The van der Waals surface area contributed by atoms with Crippen molar-refractivity contribution in [3.05, 3.63) is 70.8 Å². The van der Waals surface area contributed by atoms with Crippen molar-refractivity contribution in [2.45, 2.75) is 44.6 Å². The Labute approximate surface area is 220 Å². The number of aromatic nitrogens is 4. The first-order valence-electron chi connectivity index (χ1n) is 13.8. The molecule has 9 rings (SSSR count). The highest BCUT2D eigenvalue weighted by Gasteiger charge is 2.44. The molecule has 0 aromatic carbocycles. The molecule has 2 atom stereocenters. The number of fused-ring (bicyclic) bond motifs is 4. The number of piperidine rings is 1. The summed E-state index contributed by atoms with van der Waals surface area (Å²) < 4.78 is 15.1. The van der Waals surface area contributed by atoms with Gasteiger partial charge in [0.2, 0.25) is 0 Å². The predicted octanol–water partition coefficient (Wildman–Crippen LogP) is 2.68. The highest BCUT2D eigenvalue weighted by molar-refractivity contribution is 5.93. The van der Waals surface area contributed by atoms with Gasteiger partial charge in [0.25, 0.3) is 5.56 Å². The van der Waals surface area contributed by atoms with Crippen LogP contribution in [0.25, 0.3) is 16.4 Å². The van der Waals surface area contributed by atoms with Crippen LogP contribution in [-0.4, -0.2) is 75.4 Å². The zero-order valence-electron chi connectivity index (χ0n) is 21.5. The number of pyridine rings is 3. The van der Waals surface area contributed by atoms with Crippen molar-refractivity contribution in [2.24, 2.45) is 5.41 Å². The van der Waals surface area contributed by atoms with Crippen LogP contribution >= 0.6 is 0 Å². The molecule has 1 spiro atoms. The van der Waals surface area contributed by atoms with Gasteiger partial charge in [-0.25, -0.2) is 4.98 Å². The van der Waals surface area contributed by atoms with Crippen LogP contribution in [-0.2, 0) is 22.6 Å². The molecule has 4 aromatic heterocycles. The number of anilines is 1. The summed E-state index contributed by atoms with van der Waals surface area (Å²) in [7, 11) is 0. The minimum absolute atomic E-state index is 0.0261. The zero-order chi connectivity index (χ0) is 25.3. The predicted molar refractivity (Wildman–Crippen MR) is 144 cm³/mol. The Morgan fingerprint density at radius 1 is 0.974 bits per heavy atom. The van der Waals surface area contributed by atoms with E-state index in [9.17, 15) is 4.79 Å². The van der Waals surface area contributed by atoms with Gasteiger partial charge >= 0.3 is 0 Å². The second kappa shape index (κ2) is 8.62. The normalized spacial score (nSPS) is 24.6. The van der Waals surface area contributed by atoms with Crippen molar-refractivity contribution >= 4 is 22.1 Å². The maximum atomic E-state index is 13.5. The summed E-state index contributed by atoms with van der Waals surface area (Å²) in [6.45, 7) is 7.10. The van der Waals surface area contributed by atoms with Crippen molar-refractivity contribution in [1.82, 2.24) is 23.8 Å². The smallest absolute Gasteiger partial charge is 0.260 e. The summed E-state index contributed by atoms with van der Waals surface area (Å²) in [6.07, 6.45) is 14.0. The molecule has 0 radical (unpaired) electrons. The molecular formula is C29H32N6O3. The van der Waals surface area contributed by atoms with Gasteiger partial charge in [-0.15, -0.1) is 0 Å². The maximum absolute atomic E-state index is 13.5. The van der Waals surface area contributed by atoms with Crippen LogP contribution in [0, 0.1) is 5.41 Å². The fourth-order valence-electron chi connectivity index (χ4n) is 6.88. The van der Waals surface area contributed by atoms with Gasteiger partial charge in [0.1, 0.15) is 5.65 Å². The third kappa shape index (κ3) is 3.83. The largest absolute Gasteiger partial charge is 0.381 e. The van der Waals surface area contributed by atoms with Crippen molar-refractivity contribution < 1.29 is 9.47 Å². The lowest BCUT2D eigenvalue weighted by Gasteiger charge is -2.53. The van der Waals surface area contributed by atoms with E-state index in [1.165, 1.54) is 12.0 Å². The van der Waals surface area contributed by atoms with Crippen molar-refractivity contribution in [3.63, 3.8) is 0 Å². The molecule has 4 aromatic rings. The summed E-state index contributed by atoms with van der Waals surface area (Å²) in [4.78, 5) is 27.5. The van der Waals surface area contributed by atoms with Crippen LogP contribution in [0.4, 0.5) is 5.69 Å². The lowest BCUT2D eigenvalue weighted by molar-refractivity contribution is -0.182. The van der Waals surface area contributed by atoms with E-state index in [-0.39, 0.29) is 5.56 Å². The Bertz CT molecular complexity index is 1560. The summed E-state index contributed by atoms with van der Waals surface area (Å²) >= 11 is 0. The van der Waals surface area contributed by atoms with Gasteiger partial charge in [0.15, 0.2) is 0 Å². The van der Waals surface area contributed by atoms with E-state index in [2.05, 4.69) is 43.6 Å². The molecule has 2 bridgehead atoms. The Balaban J connectivity index is 1.02. The average molecular weight is 513 g/mol. The fraction of sp³-hybridized carbons (Fsp3) is 0.483. The Kier molecular flexibility index (Phi) is 5.15. The monoisotopic (exact) mass is 512 g/mol. The van der Waals surface area contributed by atoms with Gasteiger partial charge in [-0.1, -0.05) is 6.07 Å². The molecule has 5 aliphatic rings. The van der Waals surface area contributed by atoms with Crippen LogP contribution in [0.3, 0.4) is 0 Å². The molecule has 0 aliphatic carbocycles. The number of morpholine rings is 1. The summed E-state index contributed by atoms with van der Waals surface area (Å²) in [5, 5.41) is 1.64. The molecule has 0 amide bonds. The molecule has 196 valence electrons. The number of hydrogen-bond acceptors (Lipinski definition) is 7. The van der Waals surface area contributed by atoms with E-state index in [1.54, 1.807) is 10.8 Å². The molecule has 2 unspecified atom stereocenters. The highest BCUT2D eigenvalue weighted by atomic mass is 16.5. The van der Waals surface area contributed by atoms with E-state index >= 15 is 0 Å². The van der Waals surface area contributed by atoms with Gasteiger partial charge in [-0.05, 0) is 30.5 Å². The summed E-state index contributed by atoms with van der Waals surface area (Å²) in [5.74, 6) is 0. The van der Waals surface area contributed by atoms with E-state index in [0.717, 1.165) is 81.2 Å². The third-order valence-corrected chi connectivity index (χ3v) is 8.96. The first kappa shape index (κ1) is 22.7. The number of nitrogens with zero attached hydrogens (tertiary/aromatic N) is 6. The topological polar surface area (TPSA) is 77.1 Å². The molecule has 9 heteroatoms. The minimum atomic E-state index is -0.0261. The van der Waals surface area contributed by atoms with Crippen molar-refractivity contribution in [1.29, 1.82) is 0 Å². The quantitative estimate of drug-likeness (QED) is 0.407. The molecule has 9 nitrogen and oxygen atoms in total. The summed E-state index contributed by atoms with van der Waals surface area (Å²) in [6, 6.07) is 6.28. The van der Waals surface area contributed by atoms with Crippen LogP contribution < -0.4 is 10.5 Å². The van der Waals surface area contributed by atoms with E-state index in [4.69, 9.17) is 14.5 Å².